The molecular formula is C13H14N4O. The Morgan fingerprint density at radius 3 is 2.94 bits per heavy atom. The number of aliphatic hydroxyl groups is 1. The fraction of sp³-hybridized carbons (Fsp3) is 0.231. The molecule has 0 aromatic carbocycles. The molecule has 3 rings (SSSR count). The first-order chi connectivity index (χ1) is 8.74. The lowest BCUT2D eigenvalue weighted by atomic mass is 10.1. The van der Waals surface area contributed by atoms with Crippen molar-refractivity contribution in [3.63, 3.8) is 0 Å². The number of pyridine rings is 1. The number of aromatic nitrogens is 4. The lowest BCUT2D eigenvalue weighted by Crippen LogP contribution is -2.00. The molecule has 1 N–H and O–H groups in total. The summed E-state index contributed by atoms with van der Waals surface area (Å²) >= 11 is 0. The molecule has 0 saturated heterocycles. The van der Waals surface area contributed by atoms with Crippen molar-refractivity contribution < 1.29 is 5.11 Å². The molecule has 0 saturated carbocycles. The van der Waals surface area contributed by atoms with E-state index in [1.807, 2.05) is 37.6 Å². The predicted molar refractivity (Wildman–Crippen MR) is 67.1 cm³/mol. The third kappa shape index (κ3) is 1.89. The molecule has 0 aliphatic carbocycles. The van der Waals surface area contributed by atoms with Crippen molar-refractivity contribution in [2.75, 3.05) is 0 Å². The average Bonchev–Trinajstić information content (AvgIpc) is 2.95. The zero-order valence-electron chi connectivity index (χ0n) is 10.1. The SMILES string of the molecule is Cn1cc(CC(O)c2cnn3ccccc23)cn1. The maximum absolute atomic E-state index is 10.3. The summed E-state index contributed by atoms with van der Waals surface area (Å²) in [4.78, 5) is 0. The van der Waals surface area contributed by atoms with Crippen LogP contribution in [0.1, 0.15) is 17.2 Å². The van der Waals surface area contributed by atoms with Crippen molar-refractivity contribution in [1.82, 2.24) is 19.4 Å². The van der Waals surface area contributed by atoms with Crippen molar-refractivity contribution >= 4 is 5.52 Å². The Labute approximate surface area is 104 Å². The quantitative estimate of drug-likeness (QED) is 0.754. The van der Waals surface area contributed by atoms with Gasteiger partial charge in [-0.2, -0.15) is 10.2 Å². The van der Waals surface area contributed by atoms with Gasteiger partial charge in [0.25, 0.3) is 0 Å². The van der Waals surface area contributed by atoms with Crippen LogP contribution in [0, 0.1) is 0 Å². The lowest BCUT2D eigenvalue weighted by Gasteiger charge is -2.07. The second-order valence-corrected chi connectivity index (χ2v) is 4.37. The zero-order valence-corrected chi connectivity index (χ0v) is 10.1. The van der Waals surface area contributed by atoms with E-state index in [9.17, 15) is 5.11 Å². The lowest BCUT2D eigenvalue weighted by molar-refractivity contribution is 0.180. The molecule has 1 atom stereocenters. The monoisotopic (exact) mass is 242 g/mol. The van der Waals surface area contributed by atoms with Crippen LogP contribution in [0.5, 0.6) is 0 Å². The molecule has 5 heteroatoms. The minimum Gasteiger partial charge on any atom is -0.388 e. The van der Waals surface area contributed by atoms with Gasteiger partial charge >= 0.3 is 0 Å². The van der Waals surface area contributed by atoms with Gasteiger partial charge in [0.05, 0.1) is 24.0 Å². The first kappa shape index (κ1) is 11.0. The zero-order chi connectivity index (χ0) is 12.5. The second-order valence-electron chi connectivity index (χ2n) is 4.37. The molecule has 3 aromatic heterocycles. The third-order valence-electron chi connectivity index (χ3n) is 3.00. The first-order valence-electron chi connectivity index (χ1n) is 5.82. The molecular weight excluding hydrogens is 228 g/mol. The summed E-state index contributed by atoms with van der Waals surface area (Å²) in [5.74, 6) is 0. The fourth-order valence-electron chi connectivity index (χ4n) is 2.12. The fourth-order valence-corrected chi connectivity index (χ4v) is 2.12. The Kier molecular flexibility index (Phi) is 2.60. The topological polar surface area (TPSA) is 55.3 Å². The van der Waals surface area contributed by atoms with Gasteiger partial charge in [-0.25, -0.2) is 4.52 Å². The van der Waals surface area contributed by atoms with E-state index in [4.69, 9.17) is 0 Å². The van der Waals surface area contributed by atoms with Crippen LogP contribution in [-0.4, -0.2) is 24.5 Å². The molecule has 0 fully saturated rings. The van der Waals surface area contributed by atoms with Gasteiger partial charge in [-0.05, 0) is 17.7 Å². The van der Waals surface area contributed by atoms with Crippen molar-refractivity contribution in [3.8, 4) is 0 Å². The minimum absolute atomic E-state index is 0.546. The van der Waals surface area contributed by atoms with E-state index >= 15 is 0 Å². The highest BCUT2D eigenvalue weighted by Crippen LogP contribution is 2.22. The van der Waals surface area contributed by atoms with Gasteiger partial charge in [0.2, 0.25) is 0 Å². The number of fused-ring (bicyclic) bond motifs is 1. The van der Waals surface area contributed by atoms with E-state index < -0.39 is 6.10 Å². The van der Waals surface area contributed by atoms with Gasteiger partial charge in [0, 0.05) is 31.4 Å². The summed E-state index contributed by atoms with van der Waals surface area (Å²) in [6.07, 6.45) is 7.26. The van der Waals surface area contributed by atoms with Crippen molar-refractivity contribution in [2.45, 2.75) is 12.5 Å². The Hall–Kier alpha value is -2.14. The smallest absolute Gasteiger partial charge is 0.0868 e. The van der Waals surface area contributed by atoms with Crippen molar-refractivity contribution in [3.05, 3.63) is 54.1 Å². The van der Waals surface area contributed by atoms with Gasteiger partial charge < -0.3 is 5.11 Å². The number of aryl methyl sites for hydroxylation is 1. The average molecular weight is 242 g/mol. The highest BCUT2D eigenvalue weighted by Gasteiger charge is 2.14. The summed E-state index contributed by atoms with van der Waals surface area (Å²) in [6.45, 7) is 0. The van der Waals surface area contributed by atoms with E-state index in [2.05, 4.69) is 10.2 Å². The minimum atomic E-state index is -0.561. The van der Waals surface area contributed by atoms with Crippen LogP contribution in [0.15, 0.2) is 43.0 Å². The molecule has 1 unspecified atom stereocenters. The molecule has 18 heavy (non-hydrogen) atoms. The molecule has 0 bridgehead atoms. The number of rotatable bonds is 3. The molecule has 3 aromatic rings. The van der Waals surface area contributed by atoms with E-state index in [-0.39, 0.29) is 0 Å². The maximum Gasteiger partial charge on any atom is 0.0868 e. The van der Waals surface area contributed by atoms with Crippen LogP contribution >= 0.6 is 0 Å². The van der Waals surface area contributed by atoms with Crippen molar-refractivity contribution in [2.24, 2.45) is 7.05 Å². The standard InChI is InChI=1S/C13H14N4O/c1-16-9-10(7-14-16)6-13(18)11-8-15-17-5-3-2-4-12(11)17/h2-5,7-9,13,18H,6H2,1H3. The van der Waals surface area contributed by atoms with Crippen LogP contribution in [0.3, 0.4) is 0 Å². The third-order valence-corrected chi connectivity index (χ3v) is 3.00. The van der Waals surface area contributed by atoms with Gasteiger partial charge in [0.15, 0.2) is 0 Å². The Morgan fingerprint density at radius 1 is 1.28 bits per heavy atom. The van der Waals surface area contributed by atoms with Crippen LogP contribution < -0.4 is 0 Å². The van der Waals surface area contributed by atoms with Crippen LogP contribution in [0.2, 0.25) is 0 Å². The van der Waals surface area contributed by atoms with E-state index in [1.165, 1.54) is 0 Å². The van der Waals surface area contributed by atoms with E-state index in [0.29, 0.717) is 6.42 Å². The van der Waals surface area contributed by atoms with E-state index in [1.54, 1.807) is 21.6 Å². The highest BCUT2D eigenvalue weighted by molar-refractivity contribution is 5.54. The molecule has 0 spiro atoms. The highest BCUT2D eigenvalue weighted by atomic mass is 16.3. The molecule has 3 heterocycles. The largest absolute Gasteiger partial charge is 0.388 e. The molecule has 0 aliphatic rings. The maximum atomic E-state index is 10.3. The van der Waals surface area contributed by atoms with Gasteiger partial charge in [0.1, 0.15) is 0 Å². The molecule has 0 radical (unpaired) electrons. The van der Waals surface area contributed by atoms with Crippen LogP contribution in [-0.2, 0) is 13.5 Å². The number of nitrogens with zero attached hydrogens (tertiary/aromatic N) is 4. The number of hydrogen-bond donors (Lipinski definition) is 1. The molecule has 92 valence electrons. The summed E-state index contributed by atoms with van der Waals surface area (Å²) in [7, 11) is 1.87. The number of aliphatic hydroxyl groups excluding tert-OH is 1. The summed E-state index contributed by atoms with van der Waals surface area (Å²) < 4.78 is 3.50. The molecule has 0 amide bonds. The second kappa shape index (κ2) is 4.27. The summed E-state index contributed by atoms with van der Waals surface area (Å²) in [5.41, 5.74) is 2.80. The van der Waals surface area contributed by atoms with Gasteiger partial charge in [-0.15, -0.1) is 0 Å². The molecule has 0 aliphatic heterocycles. The Balaban J connectivity index is 1.90. The predicted octanol–water partition coefficient (Wildman–Crippen LogP) is 1.34. The summed E-state index contributed by atoms with van der Waals surface area (Å²) in [6, 6.07) is 5.81. The number of hydrogen-bond acceptors (Lipinski definition) is 3. The molecule has 5 nitrogen and oxygen atoms in total. The van der Waals surface area contributed by atoms with Crippen molar-refractivity contribution in [1.29, 1.82) is 0 Å². The van der Waals surface area contributed by atoms with Crippen LogP contribution in [0.4, 0.5) is 0 Å². The summed E-state index contributed by atoms with van der Waals surface area (Å²) in [5, 5.41) is 18.6. The Bertz CT molecular complexity index is 670. The van der Waals surface area contributed by atoms with Gasteiger partial charge in [-0.3, -0.25) is 4.68 Å². The van der Waals surface area contributed by atoms with E-state index in [0.717, 1.165) is 16.6 Å². The first-order valence-corrected chi connectivity index (χ1v) is 5.82. The normalized spacial score (nSPS) is 13.0. The van der Waals surface area contributed by atoms with Crippen LogP contribution in [0.25, 0.3) is 5.52 Å². The van der Waals surface area contributed by atoms with Gasteiger partial charge in [-0.1, -0.05) is 6.07 Å². The Morgan fingerprint density at radius 2 is 2.17 bits per heavy atom.